The molecule has 0 aliphatic heterocycles. The third kappa shape index (κ3) is 6.23. The average molecular weight is 612 g/mol. The van der Waals surface area contributed by atoms with Crippen LogP contribution in [0.4, 0.5) is 0 Å². The van der Waals surface area contributed by atoms with Crippen molar-refractivity contribution in [2.45, 2.75) is 0 Å². The molecule has 48 heavy (non-hydrogen) atoms. The van der Waals surface area contributed by atoms with Gasteiger partial charge in [-0.1, -0.05) is 170 Å². The highest BCUT2D eigenvalue weighted by atomic mass is 14.7. The Bertz CT molecular complexity index is 2110. The second kappa shape index (κ2) is 13.2. The minimum absolute atomic E-state index is 0.945. The van der Waals surface area contributed by atoms with Crippen LogP contribution >= 0.6 is 0 Å². The molecular formula is C47H33N. The number of hydrogen-bond acceptors (Lipinski definition) is 1. The minimum Gasteiger partial charge on any atom is -0.248 e. The number of nitrogens with zero attached hydrogens (tertiary/aromatic N) is 1. The van der Waals surface area contributed by atoms with Crippen LogP contribution < -0.4 is 0 Å². The molecule has 1 nitrogen and oxygen atoms in total. The Kier molecular flexibility index (Phi) is 8.01. The average Bonchev–Trinajstić information content (AvgIpc) is 3.19. The SMILES string of the molecule is c1ccc(-c2ccc(-c3cc(-c4ccc(-c5ccccc5)cc4)cc(-c4cc(-c5ccccc5)cc(-c5ccccc5)n4)c3)cc2)cc1. The lowest BCUT2D eigenvalue weighted by Gasteiger charge is -2.14. The third-order valence-electron chi connectivity index (χ3n) is 8.88. The topological polar surface area (TPSA) is 12.9 Å². The minimum atomic E-state index is 0.945. The predicted octanol–water partition coefficient (Wildman–Crippen LogP) is 12.8. The smallest absolute Gasteiger partial charge is 0.0716 e. The largest absolute Gasteiger partial charge is 0.248 e. The van der Waals surface area contributed by atoms with E-state index in [9.17, 15) is 0 Å². The molecule has 0 amide bonds. The molecule has 226 valence electrons. The van der Waals surface area contributed by atoms with Gasteiger partial charge in [0.1, 0.15) is 0 Å². The number of pyridine rings is 1. The van der Waals surface area contributed by atoms with Crippen LogP contribution in [0.25, 0.3) is 78.1 Å². The number of hydrogen-bond donors (Lipinski definition) is 0. The van der Waals surface area contributed by atoms with E-state index < -0.39 is 0 Å². The maximum absolute atomic E-state index is 5.28. The molecule has 8 aromatic rings. The molecule has 8 rings (SSSR count). The molecule has 0 saturated carbocycles. The van der Waals surface area contributed by atoms with Crippen molar-refractivity contribution >= 4 is 0 Å². The Morgan fingerprint density at radius 1 is 0.188 bits per heavy atom. The second-order valence-corrected chi connectivity index (χ2v) is 12.0. The van der Waals surface area contributed by atoms with Crippen molar-refractivity contribution < 1.29 is 0 Å². The van der Waals surface area contributed by atoms with Crippen LogP contribution in [-0.2, 0) is 0 Å². The van der Waals surface area contributed by atoms with Gasteiger partial charge in [0.25, 0.3) is 0 Å². The summed E-state index contributed by atoms with van der Waals surface area (Å²) in [6.45, 7) is 0. The van der Waals surface area contributed by atoms with E-state index in [-0.39, 0.29) is 0 Å². The molecule has 7 aromatic carbocycles. The fourth-order valence-electron chi connectivity index (χ4n) is 6.31. The lowest BCUT2D eigenvalue weighted by Crippen LogP contribution is -1.93. The highest BCUT2D eigenvalue weighted by Gasteiger charge is 2.13. The van der Waals surface area contributed by atoms with Gasteiger partial charge in [-0.15, -0.1) is 0 Å². The van der Waals surface area contributed by atoms with Crippen LogP contribution in [0.1, 0.15) is 0 Å². The Balaban J connectivity index is 1.28. The summed E-state index contributed by atoms with van der Waals surface area (Å²) >= 11 is 0. The zero-order valence-electron chi connectivity index (χ0n) is 26.5. The van der Waals surface area contributed by atoms with Gasteiger partial charge in [-0.05, 0) is 86.0 Å². The molecule has 0 N–H and O–H groups in total. The summed E-state index contributed by atoms with van der Waals surface area (Å²) in [5.41, 5.74) is 15.9. The quantitative estimate of drug-likeness (QED) is 0.175. The molecule has 1 aromatic heterocycles. The normalized spacial score (nSPS) is 10.9. The number of rotatable bonds is 7. The van der Waals surface area contributed by atoms with Crippen molar-refractivity contribution in [3.63, 3.8) is 0 Å². The van der Waals surface area contributed by atoms with Gasteiger partial charge < -0.3 is 0 Å². The van der Waals surface area contributed by atoms with Crippen LogP contribution in [0.2, 0.25) is 0 Å². The zero-order chi connectivity index (χ0) is 32.1. The summed E-state index contributed by atoms with van der Waals surface area (Å²) in [5, 5.41) is 0. The summed E-state index contributed by atoms with van der Waals surface area (Å²) < 4.78 is 0. The van der Waals surface area contributed by atoms with E-state index in [1.165, 1.54) is 38.9 Å². The van der Waals surface area contributed by atoms with Crippen LogP contribution in [0.5, 0.6) is 0 Å². The monoisotopic (exact) mass is 611 g/mol. The van der Waals surface area contributed by atoms with E-state index in [1.807, 2.05) is 6.07 Å². The standard InChI is InChI=1S/C47H33N/c1-5-13-34(14-6-1)37-21-25-39(26-22-37)42-29-43(40-27-23-38(24-28-40)35-15-7-2-8-16-35)31-45(30-42)47-33-44(36-17-9-3-10-18-36)32-46(48-47)41-19-11-4-12-20-41/h1-33H. The van der Waals surface area contributed by atoms with Crippen molar-refractivity contribution in [3.8, 4) is 78.1 Å². The van der Waals surface area contributed by atoms with Gasteiger partial charge in [0, 0.05) is 11.1 Å². The van der Waals surface area contributed by atoms with E-state index in [1.54, 1.807) is 0 Å². The van der Waals surface area contributed by atoms with Gasteiger partial charge >= 0.3 is 0 Å². The Hall–Kier alpha value is -6.31. The molecular weight excluding hydrogens is 579 g/mol. The molecule has 0 unspecified atom stereocenters. The molecule has 1 heterocycles. The maximum atomic E-state index is 5.28. The summed E-state index contributed by atoms with van der Waals surface area (Å²) in [6.07, 6.45) is 0. The first kappa shape index (κ1) is 29.1. The van der Waals surface area contributed by atoms with Crippen LogP contribution in [-0.4, -0.2) is 4.98 Å². The number of benzene rings is 7. The molecule has 0 saturated heterocycles. The predicted molar refractivity (Wildman–Crippen MR) is 202 cm³/mol. The summed E-state index contributed by atoms with van der Waals surface area (Å²) in [5.74, 6) is 0. The Labute approximate surface area is 282 Å². The molecule has 0 atom stereocenters. The van der Waals surface area contributed by atoms with E-state index in [0.717, 1.165) is 39.2 Å². The molecule has 1 heteroatoms. The van der Waals surface area contributed by atoms with E-state index in [4.69, 9.17) is 4.98 Å². The van der Waals surface area contributed by atoms with Crippen LogP contribution in [0.15, 0.2) is 200 Å². The first-order valence-electron chi connectivity index (χ1n) is 16.4. The van der Waals surface area contributed by atoms with Crippen molar-refractivity contribution in [2.24, 2.45) is 0 Å². The van der Waals surface area contributed by atoms with Gasteiger partial charge in [0.2, 0.25) is 0 Å². The van der Waals surface area contributed by atoms with Crippen molar-refractivity contribution in [1.29, 1.82) is 0 Å². The van der Waals surface area contributed by atoms with Gasteiger partial charge in [-0.2, -0.15) is 0 Å². The highest BCUT2D eigenvalue weighted by Crippen LogP contribution is 2.36. The first-order valence-corrected chi connectivity index (χ1v) is 16.4. The van der Waals surface area contributed by atoms with Gasteiger partial charge in [-0.3, -0.25) is 0 Å². The fourth-order valence-corrected chi connectivity index (χ4v) is 6.31. The molecule has 0 aliphatic rings. The van der Waals surface area contributed by atoms with Crippen LogP contribution in [0.3, 0.4) is 0 Å². The first-order chi connectivity index (χ1) is 23.8. The molecule has 0 spiro atoms. The van der Waals surface area contributed by atoms with E-state index >= 15 is 0 Å². The Morgan fingerprint density at radius 2 is 0.438 bits per heavy atom. The van der Waals surface area contributed by atoms with Crippen LogP contribution in [0, 0.1) is 0 Å². The summed E-state index contributed by atoms with van der Waals surface area (Å²) in [4.78, 5) is 5.28. The zero-order valence-corrected chi connectivity index (χ0v) is 26.5. The van der Waals surface area contributed by atoms with Crippen molar-refractivity contribution in [3.05, 3.63) is 200 Å². The summed E-state index contributed by atoms with van der Waals surface area (Å²) in [7, 11) is 0. The lowest BCUT2D eigenvalue weighted by molar-refractivity contribution is 1.32. The van der Waals surface area contributed by atoms with E-state index in [2.05, 4.69) is 194 Å². The fraction of sp³-hybridized carbons (Fsp3) is 0. The molecule has 0 fully saturated rings. The second-order valence-electron chi connectivity index (χ2n) is 12.0. The Morgan fingerprint density at radius 3 is 0.833 bits per heavy atom. The van der Waals surface area contributed by atoms with Gasteiger partial charge in [0.05, 0.1) is 11.4 Å². The molecule has 0 bridgehead atoms. The van der Waals surface area contributed by atoms with Crippen molar-refractivity contribution in [2.75, 3.05) is 0 Å². The van der Waals surface area contributed by atoms with Crippen molar-refractivity contribution in [1.82, 2.24) is 4.98 Å². The van der Waals surface area contributed by atoms with Gasteiger partial charge in [0.15, 0.2) is 0 Å². The lowest BCUT2D eigenvalue weighted by atomic mass is 9.92. The number of aromatic nitrogens is 1. The molecule has 0 radical (unpaired) electrons. The third-order valence-corrected chi connectivity index (χ3v) is 8.88. The molecule has 0 aliphatic carbocycles. The van der Waals surface area contributed by atoms with Gasteiger partial charge in [-0.25, -0.2) is 4.98 Å². The summed E-state index contributed by atoms with van der Waals surface area (Å²) in [6, 6.07) is 71.2. The highest BCUT2D eigenvalue weighted by molar-refractivity contribution is 5.84. The van der Waals surface area contributed by atoms with E-state index in [0.29, 0.717) is 0 Å². The maximum Gasteiger partial charge on any atom is 0.0716 e.